The van der Waals surface area contributed by atoms with Crippen molar-refractivity contribution >= 4 is 41.0 Å². The Bertz CT molecular complexity index is 876. The Morgan fingerprint density at radius 1 is 1.14 bits per heavy atom. The molecule has 1 unspecified atom stereocenters. The van der Waals surface area contributed by atoms with Crippen LogP contribution in [0.4, 0.5) is 15.9 Å². The summed E-state index contributed by atoms with van der Waals surface area (Å²) in [5, 5.41) is 4.77. The van der Waals surface area contributed by atoms with Crippen LogP contribution in [0.25, 0.3) is 0 Å². The molecule has 2 aromatic rings. The van der Waals surface area contributed by atoms with Crippen molar-refractivity contribution in [3.8, 4) is 0 Å². The Labute approximate surface area is 173 Å². The van der Waals surface area contributed by atoms with Crippen LogP contribution in [0.1, 0.15) is 12.5 Å². The SMILES string of the molecule is Cc1ccnc(NC(=O)CN(C)C(=O)C(C)SCC(=O)Nc2ccc(F)cc2)c1. The fourth-order valence-corrected chi connectivity index (χ4v) is 3.19. The highest BCUT2D eigenvalue weighted by molar-refractivity contribution is 8.01. The largest absolute Gasteiger partial charge is 0.335 e. The second-order valence-electron chi connectivity index (χ2n) is 6.47. The normalized spacial score (nSPS) is 11.4. The fourth-order valence-electron chi connectivity index (χ4n) is 2.39. The van der Waals surface area contributed by atoms with Gasteiger partial charge in [0.05, 0.1) is 17.5 Å². The number of halogens is 1. The molecule has 0 spiro atoms. The van der Waals surface area contributed by atoms with Crippen LogP contribution in [-0.4, -0.2) is 52.2 Å². The topological polar surface area (TPSA) is 91.4 Å². The molecule has 2 rings (SSSR count). The van der Waals surface area contributed by atoms with Gasteiger partial charge >= 0.3 is 0 Å². The molecule has 29 heavy (non-hydrogen) atoms. The molecule has 1 heterocycles. The third kappa shape index (κ3) is 7.53. The molecule has 0 aliphatic heterocycles. The number of anilines is 2. The van der Waals surface area contributed by atoms with E-state index in [1.165, 1.54) is 36.2 Å². The Kier molecular flexibility index (Phi) is 8.14. The lowest BCUT2D eigenvalue weighted by Gasteiger charge is -2.20. The maximum absolute atomic E-state index is 12.9. The van der Waals surface area contributed by atoms with Crippen LogP contribution in [0.15, 0.2) is 42.6 Å². The molecule has 0 aliphatic carbocycles. The van der Waals surface area contributed by atoms with Crippen LogP contribution in [-0.2, 0) is 14.4 Å². The second-order valence-corrected chi connectivity index (χ2v) is 7.80. The number of benzene rings is 1. The van der Waals surface area contributed by atoms with E-state index in [0.717, 1.165) is 17.3 Å². The highest BCUT2D eigenvalue weighted by Gasteiger charge is 2.21. The summed E-state index contributed by atoms with van der Waals surface area (Å²) in [6.07, 6.45) is 1.59. The zero-order valence-corrected chi connectivity index (χ0v) is 17.3. The van der Waals surface area contributed by atoms with Crippen molar-refractivity contribution in [2.45, 2.75) is 19.1 Å². The number of rotatable bonds is 8. The van der Waals surface area contributed by atoms with Gasteiger partial charge in [-0.3, -0.25) is 14.4 Å². The number of nitrogens with one attached hydrogen (secondary N) is 2. The summed E-state index contributed by atoms with van der Waals surface area (Å²) in [7, 11) is 1.53. The standard InChI is InChI=1S/C20H23FN4O3S/c1-13-8-9-22-17(10-13)24-18(26)11-25(3)20(28)14(2)29-12-19(27)23-16-6-4-15(21)5-7-16/h4-10,14H,11-12H2,1-3H3,(H,23,27)(H,22,24,26). The molecule has 2 N–H and O–H groups in total. The number of aromatic nitrogens is 1. The van der Waals surface area contributed by atoms with Gasteiger partial charge in [0.25, 0.3) is 0 Å². The number of thioether (sulfide) groups is 1. The van der Waals surface area contributed by atoms with Crippen LogP contribution in [0.3, 0.4) is 0 Å². The summed E-state index contributed by atoms with van der Waals surface area (Å²) in [6, 6.07) is 8.97. The second kappa shape index (κ2) is 10.6. The van der Waals surface area contributed by atoms with E-state index in [2.05, 4.69) is 15.6 Å². The average Bonchev–Trinajstić information content (AvgIpc) is 2.67. The predicted octanol–water partition coefficient (Wildman–Crippen LogP) is 2.69. The third-order valence-electron chi connectivity index (χ3n) is 3.88. The monoisotopic (exact) mass is 418 g/mol. The Hall–Kier alpha value is -2.94. The first-order chi connectivity index (χ1) is 13.7. The van der Waals surface area contributed by atoms with E-state index in [1.54, 1.807) is 19.2 Å². The molecule has 1 atom stereocenters. The Balaban J connectivity index is 1.76. The molecule has 1 aromatic heterocycles. The van der Waals surface area contributed by atoms with Gasteiger partial charge in [0, 0.05) is 18.9 Å². The minimum Gasteiger partial charge on any atom is -0.335 e. The summed E-state index contributed by atoms with van der Waals surface area (Å²) < 4.78 is 12.9. The first-order valence-corrected chi connectivity index (χ1v) is 9.94. The van der Waals surface area contributed by atoms with Crippen molar-refractivity contribution in [1.29, 1.82) is 0 Å². The highest BCUT2D eigenvalue weighted by Crippen LogP contribution is 2.15. The lowest BCUT2D eigenvalue weighted by Crippen LogP contribution is -2.39. The number of amides is 3. The van der Waals surface area contributed by atoms with Gasteiger partial charge in [0.2, 0.25) is 17.7 Å². The van der Waals surface area contributed by atoms with Gasteiger partial charge in [-0.1, -0.05) is 0 Å². The molecule has 0 radical (unpaired) electrons. The first kappa shape index (κ1) is 22.4. The van der Waals surface area contributed by atoms with Gasteiger partial charge in [-0.25, -0.2) is 9.37 Å². The lowest BCUT2D eigenvalue weighted by molar-refractivity contribution is -0.132. The van der Waals surface area contributed by atoms with E-state index in [-0.39, 0.29) is 35.8 Å². The van der Waals surface area contributed by atoms with E-state index < -0.39 is 5.25 Å². The summed E-state index contributed by atoms with van der Waals surface area (Å²) in [4.78, 5) is 41.9. The summed E-state index contributed by atoms with van der Waals surface area (Å²) in [5.74, 6) is -0.829. The molecule has 1 aromatic carbocycles. The fraction of sp³-hybridized carbons (Fsp3) is 0.300. The van der Waals surface area contributed by atoms with Crippen LogP contribution in [0.2, 0.25) is 0 Å². The van der Waals surface area contributed by atoms with Crippen LogP contribution >= 0.6 is 11.8 Å². The molecule has 9 heteroatoms. The third-order valence-corrected chi connectivity index (χ3v) is 5.01. The molecular weight excluding hydrogens is 395 g/mol. The van der Waals surface area contributed by atoms with E-state index in [1.807, 2.05) is 13.0 Å². The van der Waals surface area contributed by atoms with Crippen LogP contribution in [0, 0.1) is 12.7 Å². The minimum absolute atomic E-state index is 0.0531. The molecule has 3 amide bonds. The van der Waals surface area contributed by atoms with Crippen molar-refractivity contribution < 1.29 is 18.8 Å². The maximum atomic E-state index is 12.9. The van der Waals surface area contributed by atoms with Crippen molar-refractivity contribution in [1.82, 2.24) is 9.88 Å². The number of hydrogen-bond acceptors (Lipinski definition) is 5. The maximum Gasteiger partial charge on any atom is 0.245 e. The van der Waals surface area contributed by atoms with E-state index >= 15 is 0 Å². The number of carbonyl (C=O) groups excluding carboxylic acids is 3. The number of carbonyl (C=O) groups is 3. The summed E-state index contributed by atoms with van der Waals surface area (Å²) in [5.41, 5.74) is 1.44. The molecule has 0 saturated carbocycles. The number of aryl methyl sites for hydroxylation is 1. The van der Waals surface area contributed by atoms with E-state index in [9.17, 15) is 18.8 Å². The zero-order chi connectivity index (χ0) is 21.4. The first-order valence-electron chi connectivity index (χ1n) is 8.89. The number of nitrogens with zero attached hydrogens (tertiary/aromatic N) is 2. The van der Waals surface area contributed by atoms with Gasteiger partial charge in [0.15, 0.2) is 0 Å². The van der Waals surface area contributed by atoms with Gasteiger partial charge in [0.1, 0.15) is 11.6 Å². The van der Waals surface area contributed by atoms with Crippen LogP contribution in [0.5, 0.6) is 0 Å². The van der Waals surface area contributed by atoms with Crippen molar-refractivity contribution in [3.05, 3.63) is 54.0 Å². The number of pyridine rings is 1. The van der Waals surface area contributed by atoms with Crippen LogP contribution < -0.4 is 10.6 Å². The zero-order valence-electron chi connectivity index (χ0n) is 16.4. The highest BCUT2D eigenvalue weighted by atomic mass is 32.2. The molecular formula is C20H23FN4O3S. The molecule has 0 bridgehead atoms. The number of likely N-dealkylation sites (N-methyl/N-ethyl adjacent to an activating group) is 1. The molecule has 0 saturated heterocycles. The Morgan fingerprint density at radius 3 is 2.48 bits per heavy atom. The smallest absolute Gasteiger partial charge is 0.245 e. The van der Waals surface area contributed by atoms with Gasteiger partial charge in [-0.15, -0.1) is 11.8 Å². The van der Waals surface area contributed by atoms with Gasteiger partial charge in [-0.05, 0) is 55.8 Å². The molecule has 0 aliphatic rings. The van der Waals surface area contributed by atoms with Crippen molar-refractivity contribution in [3.63, 3.8) is 0 Å². The average molecular weight is 418 g/mol. The quantitative estimate of drug-likeness (QED) is 0.688. The van der Waals surface area contributed by atoms with Gasteiger partial charge in [-0.2, -0.15) is 0 Å². The van der Waals surface area contributed by atoms with E-state index in [0.29, 0.717) is 11.5 Å². The minimum atomic E-state index is -0.510. The molecule has 7 nitrogen and oxygen atoms in total. The predicted molar refractivity (Wildman–Crippen MR) is 112 cm³/mol. The Morgan fingerprint density at radius 2 is 1.83 bits per heavy atom. The summed E-state index contributed by atoms with van der Waals surface area (Å²) >= 11 is 1.15. The van der Waals surface area contributed by atoms with Crippen molar-refractivity contribution in [2.24, 2.45) is 0 Å². The number of hydrogen-bond donors (Lipinski definition) is 2. The summed E-state index contributed by atoms with van der Waals surface area (Å²) in [6.45, 7) is 3.44. The van der Waals surface area contributed by atoms with E-state index in [4.69, 9.17) is 0 Å². The lowest BCUT2D eigenvalue weighted by atomic mass is 10.3. The molecule has 154 valence electrons. The molecule has 0 fully saturated rings. The van der Waals surface area contributed by atoms with Crippen molar-refractivity contribution in [2.75, 3.05) is 30.0 Å². The van der Waals surface area contributed by atoms with Gasteiger partial charge < -0.3 is 15.5 Å².